The number of anilines is 1. The summed E-state index contributed by atoms with van der Waals surface area (Å²) in [5.41, 5.74) is -0.162. The molecule has 0 saturated carbocycles. The minimum atomic E-state index is -4.15. The predicted octanol–water partition coefficient (Wildman–Crippen LogP) is 2.62. The summed E-state index contributed by atoms with van der Waals surface area (Å²) in [6.07, 6.45) is 0. The standard InChI is InChI=1S/C18H13BrFN3O4S/c19-14-6-1-2-7-15(14)21-16(24)11-23-18(25)9-8-17(22-23)28(26,27)13-5-3-4-12(20)10-13/h1-10H,11H2,(H,21,24). The molecule has 1 heterocycles. The van der Waals surface area contributed by atoms with E-state index in [0.29, 0.717) is 10.2 Å². The van der Waals surface area contributed by atoms with Crippen LogP contribution in [0.2, 0.25) is 0 Å². The van der Waals surface area contributed by atoms with Crippen molar-refractivity contribution >= 4 is 37.4 Å². The second kappa shape index (κ2) is 8.03. The van der Waals surface area contributed by atoms with E-state index >= 15 is 0 Å². The highest BCUT2D eigenvalue weighted by Gasteiger charge is 2.21. The first-order chi connectivity index (χ1) is 13.3. The van der Waals surface area contributed by atoms with Gasteiger partial charge in [0.1, 0.15) is 12.4 Å². The number of aromatic nitrogens is 2. The summed E-state index contributed by atoms with van der Waals surface area (Å²) in [5.74, 6) is -1.29. The van der Waals surface area contributed by atoms with Gasteiger partial charge in [-0.1, -0.05) is 18.2 Å². The van der Waals surface area contributed by atoms with Crippen molar-refractivity contribution in [2.75, 3.05) is 5.32 Å². The molecule has 2 aromatic carbocycles. The predicted molar refractivity (Wildman–Crippen MR) is 103 cm³/mol. The van der Waals surface area contributed by atoms with Crippen LogP contribution in [0.5, 0.6) is 0 Å². The van der Waals surface area contributed by atoms with Gasteiger partial charge in [-0.25, -0.2) is 17.5 Å². The molecule has 0 bridgehead atoms. The normalized spacial score (nSPS) is 11.2. The number of rotatable bonds is 5. The number of sulfone groups is 1. The molecule has 0 aliphatic rings. The van der Waals surface area contributed by atoms with E-state index in [1.54, 1.807) is 24.3 Å². The quantitative estimate of drug-likeness (QED) is 0.624. The largest absolute Gasteiger partial charge is 0.323 e. The van der Waals surface area contributed by atoms with Gasteiger partial charge < -0.3 is 5.32 Å². The summed E-state index contributed by atoms with van der Waals surface area (Å²) in [6, 6.07) is 13.3. The molecule has 1 amide bonds. The zero-order valence-electron chi connectivity index (χ0n) is 14.2. The molecule has 10 heteroatoms. The van der Waals surface area contributed by atoms with Crippen LogP contribution in [0.1, 0.15) is 0 Å². The molecule has 0 aliphatic carbocycles. The zero-order chi connectivity index (χ0) is 20.3. The van der Waals surface area contributed by atoms with Crippen LogP contribution in [0.25, 0.3) is 0 Å². The van der Waals surface area contributed by atoms with Crippen LogP contribution in [0.4, 0.5) is 10.1 Å². The first-order valence-electron chi connectivity index (χ1n) is 7.90. The average Bonchev–Trinajstić information content (AvgIpc) is 2.65. The summed E-state index contributed by atoms with van der Waals surface area (Å²) in [6.45, 7) is -0.493. The molecule has 0 radical (unpaired) electrons. The molecule has 0 atom stereocenters. The van der Waals surface area contributed by atoms with Gasteiger partial charge in [-0.05, 0) is 52.3 Å². The van der Waals surface area contributed by atoms with Crippen LogP contribution < -0.4 is 10.9 Å². The van der Waals surface area contributed by atoms with Crippen LogP contribution >= 0.6 is 15.9 Å². The highest BCUT2D eigenvalue weighted by Crippen LogP contribution is 2.21. The Balaban J connectivity index is 1.89. The third-order valence-electron chi connectivity index (χ3n) is 3.67. The minimum Gasteiger partial charge on any atom is -0.323 e. The van der Waals surface area contributed by atoms with E-state index in [2.05, 4.69) is 26.3 Å². The highest BCUT2D eigenvalue weighted by molar-refractivity contribution is 9.10. The fraction of sp³-hybridized carbons (Fsp3) is 0.0556. The summed E-state index contributed by atoms with van der Waals surface area (Å²) in [5, 5.41) is 5.91. The summed E-state index contributed by atoms with van der Waals surface area (Å²) < 4.78 is 40.0. The minimum absolute atomic E-state index is 0.303. The van der Waals surface area contributed by atoms with Crippen LogP contribution in [0.3, 0.4) is 0 Å². The van der Waals surface area contributed by atoms with Crippen LogP contribution in [0, 0.1) is 5.82 Å². The average molecular weight is 466 g/mol. The number of amides is 1. The molecule has 3 aromatic rings. The molecule has 7 nitrogen and oxygen atoms in total. The van der Waals surface area contributed by atoms with Crippen molar-refractivity contribution in [3.63, 3.8) is 0 Å². The molecule has 0 fully saturated rings. The van der Waals surface area contributed by atoms with E-state index in [4.69, 9.17) is 0 Å². The second-order valence-corrected chi connectivity index (χ2v) is 8.41. The number of nitrogens with zero attached hydrogens (tertiary/aromatic N) is 2. The molecular weight excluding hydrogens is 453 g/mol. The van der Waals surface area contributed by atoms with Crippen molar-refractivity contribution < 1.29 is 17.6 Å². The van der Waals surface area contributed by atoms with Gasteiger partial charge in [0.05, 0.1) is 10.6 Å². The molecule has 0 unspecified atom stereocenters. The Morgan fingerprint density at radius 2 is 1.86 bits per heavy atom. The summed E-state index contributed by atoms with van der Waals surface area (Å²) in [7, 11) is -4.15. The topological polar surface area (TPSA) is 98.1 Å². The van der Waals surface area contributed by atoms with E-state index in [1.807, 2.05) is 0 Å². The van der Waals surface area contributed by atoms with Gasteiger partial charge in [0.25, 0.3) is 5.56 Å². The van der Waals surface area contributed by atoms with Crippen LogP contribution in [0.15, 0.2) is 79.9 Å². The SMILES string of the molecule is O=C(Cn1nc(S(=O)(=O)c2cccc(F)c2)ccc1=O)Nc1ccccc1Br. The smallest absolute Gasteiger partial charge is 0.267 e. The number of hydrogen-bond acceptors (Lipinski definition) is 5. The number of carbonyl (C=O) groups excluding carboxylic acids is 1. The van der Waals surface area contributed by atoms with E-state index in [-0.39, 0.29) is 4.90 Å². The van der Waals surface area contributed by atoms with Gasteiger partial charge in [0.2, 0.25) is 15.7 Å². The fourth-order valence-electron chi connectivity index (χ4n) is 2.33. The molecule has 144 valence electrons. The number of para-hydroxylation sites is 1. The Morgan fingerprint density at radius 3 is 2.57 bits per heavy atom. The maximum Gasteiger partial charge on any atom is 0.267 e. The molecular formula is C18H13BrFN3O4S. The first kappa shape index (κ1) is 19.9. The lowest BCUT2D eigenvalue weighted by Crippen LogP contribution is -2.30. The van der Waals surface area contributed by atoms with Crippen LogP contribution in [-0.4, -0.2) is 24.1 Å². The third kappa shape index (κ3) is 4.34. The molecule has 1 N–H and O–H groups in total. The fourth-order valence-corrected chi connectivity index (χ4v) is 3.93. The lowest BCUT2D eigenvalue weighted by molar-refractivity contribution is -0.117. The third-order valence-corrected chi connectivity index (χ3v) is 6.00. The van der Waals surface area contributed by atoms with E-state index < -0.39 is 38.7 Å². The Morgan fingerprint density at radius 1 is 1.11 bits per heavy atom. The zero-order valence-corrected chi connectivity index (χ0v) is 16.6. The molecule has 1 aromatic heterocycles. The Labute approximate surface area is 167 Å². The first-order valence-corrected chi connectivity index (χ1v) is 10.2. The van der Waals surface area contributed by atoms with E-state index in [9.17, 15) is 22.4 Å². The van der Waals surface area contributed by atoms with Crippen molar-refractivity contribution in [1.82, 2.24) is 9.78 Å². The number of nitrogens with one attached hydrogen (secondary N) is 1. The van der Waals surface area contributed by atoms with Gasteiger partial charge in [0.15, 0.2) is 5.03 Å². The Kier molecular flexibility index (Phi) is 5.71. The van der Waals surface area contributed by atoms with E-state index in [0.717, 1.165) is 28.9 Å². The van der Waals surface area contributed by atoms with E-state index in [1.165, 1.54) is 12.1 Å². The molecule has 28 heavy (non-hydrogen) atoms. The van der Waals surface area contributed by atoms with Crippen molar-refractivity contribution in [1.29, 1.82) is 0 Å². The molecule has 0 saturated heterocycles. The molecule has 3 rings (SSSR count). The van der Waals surface area contributed by atoms with Crippen LogP contribution in [-0.2, 0) is 21.2 Å². The van der Waals surface area contributed by atoms with Crippen molar-refractivity contribution in [3.8, 4) is 0 Å². The maximum atomic E-state index is 13.4. The van der Waals surface area contributed by atoms with Crippen molar-refractivity contribution in [2.45, 2.75) is 16.5 Å². The number of hydrogen-bond donors (Lipinski definition) is 1. The van der Waals surface area contributed by atoms with Gasteiger partial charge in [-0.3, -0.25) is 9.59 Å². The van der Waals surface area contributed by atoms with Gasteiger partial charge in [-0.2, -0.15) is 5.10 Å². The monoisotopic (exact) mass is 465 g/mol. The summed E-state index contributed by atoms with van der Waals surface area (Å²) >= 11 is 3.29. The second-order valence-electron chi connectivity index (χ2n) is 5.66. The number of carbonyl (C=O) groups is 1. The highest BCUT2D eigenvalue weighted by atomic mass is 79.9. The molecule has 0 spiro atoms. The maximum absolute atomic E-state index is 13.4. The number of benzene rings is 2. The summed E-state index contributed by atoms with van der Waals surface area (Å²) in [4.78, 5) is 23.9. The van der Waals surface area contributed by atoms with Crippen molar-refractivity contribution in [2.24, 2.45) is 0 Å². The van der Waals surface area contributed by atoms with Gasteiger partial charge in [-0.15, -0.1) is 0 Å². The Hall–Kier alpha value is -2.85. The van der Waals surface area contributed by atoms with Crippen molar-refractivity contribution in [3.05, 3.63) is 81.3 Å². The lowest BCUT2D eigenvalue weighted by atomic mass is 10.3. The Bertz CT molecular complexity index is 1210. The number of halogens is 2. The molecule has 0 aliphatic heterocycles. The van der Waals surface area contributed by atoms with Gasteiger partial charge in [0, 0.05) is 10.5 Å². The lowest BCUT2D eigenvalue weighted by Gasteiger charge is -2.10. The van der Waals surface area contributed by atoms with Gasteiger partial charge >= 0.3 is 0 Å².